The summed E-state index contributed by atoms with van der Waals surface area (Å²) in [6, 6.07) is 0. The van der Waals surface area contributed by atoms with Gasteiger partial charge in [-0.15, -0.1) is 6.58 Å². The first-order valence-electron chi connectivity index (χ1n) is 6.71. The van der Waals surface area contributed by atoms with E-state index in [1.54, 1.807) is 0 Å². The van der Waals surface area contributed by atoms with Gasteiger partial charge in [0.05, 0.1) is 5.41 Å². The molecule has 1 fully saturated rings. The van der Waals surface area contributed by atoms with Gasteiger partial charge in [0.25, 0.3) is 0 Å². The maximum Gasteiger partial charge on any atom is 0.309 e. The first kappa shape index (κ1) is 14.2. The number of aliphatic carboxylic acids is 1. The summed E-state index contributed by atoms with van der Waals surface area (Å²) in [6.07, 6.45) is 7.54. The number of carboxylic acids is 1. The monoisotopic (exact) mass is 239 g/mol. The Bertz CT molecular complexity index is 255. The molecule has 1 saturated heterocycles. The second kappa shape index (κ2) is 6.80. The van der Waals surface area contributed by atoms with Gasteiger partial charge >= 0.3 is 5.97 Å². The largest absolute Gasteiger partial charge is 0.481 e. The van der Waals surface area contributed by atoms with Crippen molar-refractivity contribution in [2.24, 2.45) is 5.41 Å². The molecule has 17 heavy (non-hydrogen) atoms. The second-order valence-corrected chi connectivity index (χ2v) is 5.11. The predicted molar refractivity (Wildman–Crippen MR) is 70.1 cm³/mol. The smallest absolute Gasteiger partial charge is 0.309 e. The lowest BCUT2D eigenvalue weighted by Gasteiger charge is -2.38. The molecule has 0 unspecified atom stereocenters. The van der Waals surface area contributed by atoms with E-state index in [1.807, 2.05) is 6.08 Å². The molecule has 0 spiro atoms. The SMILES string of the molecule is C=CCCCN1CCC(CCC)(C(=O)O)CC1. The lowest BCUT2D eigenvalue weighted by Crippen LogP contribution is -2.44. The van der Waals surface area contributed by atoms with E-state index >= 15 is 0 Å². The molecule has 0 amide bonds. The van der Waals surface area contributed by atoms with Crippen LogP contribution in [0.1, 0.15) is 45.4 Å². The Hall–Kier alpha value is -0.830. The summed E-state index contributed by atoms with van der Waals surface area (Å²) < 4.78 is 0. The first-order chi connectivity index (χ1) is 8.14. The Kier molecular flexibility index (Phi) is 5.69. The van der Waals surface area contributed by atoms with Gasteiger partial charge in [0.15, 0.2) is 0 Å². The van der Waals surface area contributed by atoms with Crippen LogP contribution >= 0.6 is 0 Å². The molecule has 0 atom stereocenters. The summed E-state index contributed by atoms with van der Waals surface area (Å²) >= 11 is 0. The van der Waals surface area contributed by atoms with Crippen LogP contribution in [-0.4, -0.2) is 35.6 Å². The Morgan fingerprint density at radius 3 is 2.59 bits per heavy atom. The van der Waals surface area contributed by atoms with E-state index in [0.717, 1.165) is 58.2 Å². The van der Waals surface area contributed by atoms with Crippen molar-refractivity contribution in [3.63, 3.8) is 0 Å². The highest BCUT2D eigenvalue weighted by Gasteiger charge is 2.40. The van der Waals surface area contributed by atoms with E-state index in [2.05, 4.69) is 18.4 Å². The minimum absolute atomic E-state index is 0.441. The number of piperidine rings is 1. The highest BCUT2D eigenvalue weighted by atomic mass is 16.4. The summed E-state index contributed by atoms with van der Waals surface area (Å²) in [5.41, 5.74) is -0.441. The zero-order chi connectivity index (χ0) is 12.7. The fourth-order valence-corrected chi connectivity index (χ4v) is 2.71. The van der Waals surface area contributed by atoms with Crippen LogP contribution in [0, 0.1) is 5.41 Å². The van der Waals surface area contributed by atoms with Crippen molar-refractivity contribution in [2.75, 3.05) is 19.6 Å². The van der Waals surface area contributed by atoms with Crippen molar-refractivity contribution in [3.05, 3.63) is 12.7 Å². The molecule has 98 valence electrons. The van der Waals surface area contributed by atoms with Crippen LogP contribution < -0.4 is 0 Å². The summed E-state index contributed by atoms with van der Waals surface area (Å²) in [7, 11) is 0. The molecule has 0 bridgehead atoms. The Balaban J connectivity index is 2.41. The average Bonchev–Trinajstić information content (AvgIpc) is 2.32. The number of rotatable bonds is 7. The van der Waals surface area contributed by atoms with E-state index in [9.17, 15) is 9.90 Å². The van der Waals surface area contributed by atoms with Crippen LogP contribution in [0.5, 0.6) is 0 Å². The molecule has 1 aliphatic rings. The molecule has 0 radical (unpaired) electrons. The van der Waals surface area contributed by atoms with Crippen molar-refractivity contribution in [2.45, 2.75) is 45.4 Å². The van der Waals surface area contributed by atoms with Crippen molar-refractivity contribution in [1.29, 1.82) is 0 Å². The zero-order valence-corrected chi connectivity index (χ0v) is 11.0. The standard InChI is InChI=1S/C14H25NO2/c1-3-5-6-10-15-11-8-14(7-4-2,9-12-15)13(16)17/h3H,1,4-12H2,2H3,(H,16,17). The van der Waals surface area contributed by atoms with Gasteiger partial charge in [-0.2, -0.15) is 0 Å². The number of hydrogen-bond acceptors (Lipinski definition) is 2. The highest BCUT2D eigenvalue weighted by Crippen LogP contribution is 2.36. The molecular weight excluding hydrogens is 214 g/mol. The number of carbonyl (C=O) groups is 1. The number of hydrogen-bond donors (Lipinski definition) is 1. The van der Waals surface area contributed by atoms with Gasteiger partial charge in [0.2, 0.25) is 0 Å². The average molecular weight is 239 g/mol. The molecular formula is C14H25NO2. The van der Waals surface area contributed by atoms with E-state index in [0.29, 0.717) is 0 Å². The fourth-order valence-electron chi connectivity index (χ4n) is 2.71. The molecule has 3 nitrogen and oxygen atoms in total. The van der Waals surface area contributed by atoms with E-state index in [-0.39, 0.29) is 0 Å². The molecule has 1 rings (SSSR count). The molecule has 1 heterocycles. The Morgan fingerprint density at radius 2 is 2.12 bits per heavy atom. The number of unbranched alkanes of at least 4 members (excludes halogenated alkanes) is 1. The van der Waals surface area contributed by atoms with Crippen LogP contribution in [0.3, 0.4) is 0 Å². The van der Waals surface area contributed by atoms with Gasteiger partial charge in [-0.3, -0.25) is 4.79 Å². The lowest BCUT2D eigenvalue weighted by molar-refractivity contribution is -0.152. The fraction of sp³-hybridized carbons (Fsp3) is 0.786. The van der Waals surface area contributed by atoms with E-state index < -0.39 is 11.4 Å². The van der Waals surface area contributed by atoms with Crippen molar-refractivity contribution < 1.29 is 9.90 Å². The van der Waals surface area contributed by atoms with Crippen LogP contribution in [0.15, 0.2) is 12.7 Å². The van der Waals surface area contributed by atoms with Crippen LogP contribution in [-0.2, 0) is 4.79 Å². The van der Waals surface area contributed by atoms with Gasteiger partial charge in [0.1, 0.15) is 0 Å². The summed E-state index contributed by atoms with van der Waals surface area (Å²) in [5.74, 6) is -0.593. The second-order valence-electron chi connectivity index (χ2n) is 5.11. The quantitative estimate of drug-likeness (QED) is 0.548. The van der Waals surface area contributed by atoms with Gasteiger partial charge < -0.3 is 10.0 Å². The van der Waals surface area contributed by atoms with Gasteiger partial charge in [-0.25, -0.2) is 0 Å². The van der Waals surface area contributed by atoms with Crippen LogP contribution in [0.2, 0.25) is 0 Å². The molecule has 0 saturated carbocycles. The number of nitrogens with zero attached hydrogens (tertiary/aromatic N) is 1. The molecule has 0 aromatic heterocycles. The maximum atomic E-state index is 11.4. The first-order valence-corrected chi connectivity index (χ1v) is 6.71. The van der Waals surface area contributed by atoms with E-state index in [1.165, 1.54) is 0 Å². The molecule has 1 aliphatic heterocycles. The third-order valence-corrected chi connectivity index (χ3v) is 3.88. The lowest BCUT2D eigenvalue weighted by atomic mass is 9.75. The normalized spacial score (nSPS) is 20.1. The van der Waals surface area contributed by atoms with Crippen molar-refractivity contribution in [3.8, 4) is 0 Å². The van der Waals surface area contributed by atoms with Crippen LogP contribution in [0.25, 0.3) is 0 Å². The Morgan fingerprint density at radius 1 is 1.47 bits per heavy atom. The topological polar surface area (TPSA) is 40.5 Å². The zero-order valence-electron chi connectivity index (χ0n) is 11.0. The number of likely N-dealkylation sites (tertiary alicyclic amines) is 1. The molecule has 0 aromatic carbocycles. The highest BCUT2D eigenvalue weighted by molar-refractivity contribution is 5.74. The summed E-state index contributed by atoms with van der Waals surface area (Å²) in [5, 5.41) is 9.39. The summed E-state index contributed by atoms with van der Waals surface area (Å²) in [4.78, 5) is 13.8. The molecule has 1 N–H and O–H groups in total. The maximum absolute atomic E-state index is 11.4. The molecule has 3 heteroatoms. The van der Waals surface area contributed by atoms with Gasteiger partial charge in [0, 0.05) is 0 Å². The Labute approximate surface area is 105 Å². The van der Waals surface area contributed by atoms with E-state index in [4.69, 9.17) is 0 Å². The summed E-state index contributed by atoms with van der Waals surface area (Å²) in [6.45, 7) is 8.73. The third kappa shape index (κ3) is 3.84. The predicted octanol–water partition coefficient (Wildman–Crippen LogP) is 2.92. The molecule has 0 aromatic rings. The van der Waals surface area contributed by atoms with Gasteiger partial charge in [-0.05, 0) is 51.7 Å². The molecule has 0 aliphatic carbocycles. The van der Waals surface area contributed by atoms with Crippen molar-refractivity contribution >= 4 is 5.97 Å². The number of allylic oxidation sites excluding steroid dienone is 1. The minimum Gasteiger partial charge on any atom is -0.481 e. The third-order valence-electron chi connectivity index (χ3n) is 3.88. The number of carboxylic acid groups (broad SMARTS) is 1. The minimum atomic E-state index is -0.593. The van der Waals surface area contributed by atoms with Crippen LogP contribution in [0.4, 0.5) is 0 Å². The van der Waals surface area contributed by atoms with Gasteiger partial charge in [-0.1, -0.05) is 19.4 Å². The van der Waals surface area contributed by atoms with Crippen molar-refractivity contribution in [1.82, 2.24) is 4.90 Å².